The third-order valence-corrected chi connectivity index (χ3v) is 4.28. The van der Waals surface area contributed by atoms with Crippen LogP contribution in [0.3, 0.4) is 0 Å². The van der Waals surface area contributed by atoms with Crippen molar-refractivity contribution < 1.29 is 18.0 Å². The maximum Gasteiger partial charge on any atom is 0.433 e. The molecular formula is C15H17F3N4OS. The van der Waals surface area contributed by atoms with Gasteiger partial charge in [-0.1, -0.05) is 0 Å². The van der Waals surface area contributed by atoms with E-state index >= 15 is 0 Å². The van der Waals surface area contributed by atoms with Crippen LogP contribution in [0.2, 0.25) is 0 Å². The molecule has 9 heteroatoms. The summed E-state index contributed by atoms with van der Waals surface area (Å²) < 4.78 is 38.1. The van der Waals surface area contributed by atoms with Crippen LogP contribution in [0.15, 0.2) is 11.6 Å². The molecule has 24 heavy (non-hydrogen) atoms. The zero-order chi connectivity index (χ0) is 17.7. The van der Waals surface area contributed by atoms with Crippen LogP contribution >= 0.6 is 11.3 Å². The Bertz CT molecular complexity index is 715. The zero-order valence-corrected chi connectivity index (χ0v) is 14.1. The van der Waals surface area contributed by atoms with Crippen LogP contribution in [0.5, 0.6) is 0 Å². The van der Waals surface area contributed by atoms with Gasteiger partial charge in [-0.3, -0.25) is 4.79 Å². The van der Waals surface area contributed by atoms with Crippen molar-refractivity contribution >= 4 is 17.2 Å². The van der Waals surface area contributed by atoms with E-state index in [0.29, 0.717) is 12.8 Å². The molecule has 0 saturated carbocycles. The molecule has 0 fully saturated rings. The van der Waals surface area contributed by atoms with Gasteiger partial charge in [-0.15, -0.1) is 11.3 Å². The molecule has 0 saturated heterocycles. The summed E-state index contributed by atoms with van der Waals surface area (Å²) in [5.74, 6) is -0.0903. The number of amides is 1. The number of rotatable bonds is 6. The summed E-state index contributed by atoms with van der Waals surface area (Å²) in [5, 5.41) is 2.67. The Morgan fingerprint density at radius 2 is 2.00 bits per heavy atom. The predicted octanol–water partition coefficient (Wildman–Crippen LogP) is 2.86. The molecule has 2 aromatic heterocycles. The predicted molar refractivity (Wildman–Crippen MR) is 83.7 cm³/mol. The molecule has 0 aliphatic rings. The second kappa shape index (κ2) is 7.69. The smallest absolute Gasteiger partial charge is 0.356 e. The monoisotopic (exact) mass is 358 g/mol. The van der Waals surface area contributed by atoms with Gasteiger partial charge in [-0.2, -0.15) is 13.2 Å². The average molecular weight is 358 g/mol. The highest BCUT2D eigenvalue weighted by atomic mass is 32.1. The van der Waals surface area contributed by atoms with E-state index in [4.69, 9.17) is 0 Å². The quantitative estimate of drug-likeness (QED) is 0.862. The lowest BCUT2D eigenvalue weighted by atomic mass is 10.2. The second-order valence-corrected chi connectivity index (χ2v) is 6.21. The normalized spacial score (nSPS) is 11.5. The van der Waals surface area contributed by atoms with E-state index in [2.05, 4.69) is 20.3 Å². The van der Waals surface area contributed by atoms with Gasteiger partial charge in [0, 0.05) is 30.0 Å². The number of carbonyl (C=O) groups excluding carboxylic acids is 1. The zero-order valence-electron chi connectivity index (χ0n) is 13.3. The summed E-state index contributed by atoms with van der Waals surface area (Å²) in [7, 11) is 0. The highest BCUT2D eigenvalue weighted by molar-refractivity contribution is 7.09. The Morgan fingerprint density at radius 3 is 2.62 bits per heavy atom. The lowest BCUT2D eigenvalue weighted by molar-refractivity contribution is -0.141. The van der Waals surface area contributed by atoms with Gasteiger partial charge in [-0.25, -0.2) is 15.0 Å². The van der Waals surface area contributed by atoms with Crippen LogP contribution in [-0.4, -0.2) is 27.4 Å². The minimum atomic E-state index is -4.50. The van der Waals surface area contributed by atoms with Gasteiger partial charge in [0.15, 0.2) is 0 Å². The highest BCUT2D eigenvalue weighted by Crippen LogP contribution is 2.27. The number of halogens is 3. The van der Waals surface area contributed by atoms with E-state index in [9.17, 15) is 18.0 Å². The number of thiazole rings is 1. The molecule has 2 rings (SSSR count). The number of nitrogens with one attached hydrogen (secondary N) is 1. The highest BCUT2D eigenvalue weighted by Gasteiger charge is 2.33. The Morgan fingerprint density at radius 1 is 1.25 bits per heavy atom. The number of aryl methyl sites for hydroxylation is 3. The van der Waals surface area contributed by atoms with Gasteiger partial charge in [0.1, 0.15) is 11.5 Å². The molecule has 0 atom stereocenters. The van der Waals surface area contributed by atoms with Crippen molar-refractivity contribution in [2.45, 2.75) is 39.3 Å². The topological polar surface area (TPSA) is 67.8 Å². The number of carbonyl (C=O) groups is 1. The van der Waals surface area contributed by atoms with Gasteiger partial charge < -0.3 is 5.32 Å². The summed E-state index contributed by atoms with van der Waals surface area (Å²) in [4.78, 5) is 24.4. The average Bonchev–Trinajstić information content (AvgIpc) is 2.89. The van der Waals surface area contributed by atoms with E-state index in [1.807, 2.05) is 6.92 Å². The molecule has 1 amide bonds. The number of hydrogen-bond donors (Lipinski definition) is 1. The molecule has 0 unspecified atom stereocenters. The molecule has 2 aromatic rings. The number of hydrogen-bond acceptors (Lipinski definition) is 5. The van der Waals surface area contributed by atoms with E-state index < -0.39 is 11.9 Å². The van der Waals surface area contributed by atoms with Gasteiger partial charge in [0.25, 0.3) is 0 Å². The number of alkyl halides is 3. The Kier molecular flexibility index (Phi) is 5.87. The first-order valence-corrected chi connectivity index (χ1v) is 8.21. The summed E-state index contributed by atoms with van der Waals surface area (Å²) in [6.07, 6.45) is -3.44. The lowest BCUT2D eigenvalue weighted by Gasteiger charge is -2.09. The van der Waals surface area contributed by atoms with Crippen molar-refractivity contribution in [3.8, 4) is 0 Å². The van der Waals surface area contributed by atoms with Crippen LogP contribution < -0.4 is 5.32 Å². The minimum absolute atomic E-state index is 0.0703. The lowest BCUT2D eigenvalue weighted by Crippen LogP contribution is -2.26. The Labute approximate surface area is 141 Å². The van der Waals surface area contributed by atoms with E-state index in [0.717, 1.165) is 16.6 Å². The molecule has 0 aliphatic carbocycles. The molecule has 5 nitrogen and oxygen atoms in total. The van der Waals surface area contributed by atoms with E-state index in [1.165, 1.54) is 18.3 Å². The second-order valence-electron chi connectivity index (χ2n) is 5.27. The molecule has 0 aliphatic heterocycles. The van der Waals surface area contributed by atoms with Crippen molar-refractivity contribution in [3.05, 3.63) is 39.4 Å². The first-order valence-electron chi connectivity index (χ1n) is 7.33. The molecule has 0 radical (unpaired) electrons. The summed E-state index contributed by atoms with van der Waals surface area (Å²) in [6.45, 7) is 3.56. The molecular weight excluding hydrogens is 341 g/mol. The third kappa shape index (κ3) is 5.26. The van der Waals surface area contributed by atoms with Crippen LogP contribution in [0.1, 0.15) is 34.2 Å². The van der Waals surface area contributed by atoms with E-state index in [-0.39, 0.29) is 30.4 Å². The molecule has 0 bridgehead atoms. The summed E-state index contributed by atoms with van der Waals surface area (Å²) in [6, 6.07) is 0.902. The summed E-state index contributed by atoms with van der Waals surface area (Å²) in [5.41, 5.74) is 1.94. The standard InChI is InChI=1S/C15H17F3N4OS/c1-9-7-12(15(16,17)18)22-13(21-9)5-6-19-14(23)4-3-11-10(2)20-8-24-11/h7-8H,3-6H2,1-2H3,(H,19,23). The first-order chi connectivity index (χ1) is 11.3. The van der Waals surface area contributed by atoms with Crippen LogP contribution in [0.25, 0.3) is 0 Å². The largest absolute Gasteiger partial charge is 0.433 e. The fourth-order valence-electron chi connectivity index (χ4n) is 2.08. The number of aromatic nitrogens is 3. The summed E-state index contributed by atoms with van der Waals surface area (Å²) >= 11 is 1.50. The van der Waals surface area contributed by atoms with Crippen molar-refractivity contribution in [1.82, 2.24) is 20.3 Å². The fourth-order valence-corrected chi connectivity index (χ4v) is 2.86. The van der Waals surface area contributed by atoms with Crippen LogP contribution in [0, 0.1) is 13.8 Å². The number of nitrogens with zero attached hydrogens (tertiary/aromatic N) is 3. The molecule has 130 valence electrons. The van der Waals surface area contributed by atoms with Gasteiger partial charge >= 0.3 is 6.18 Å². The molecule has 2 heterocycles. The van der Waals surface area contributed by atoms with Gasteiger partial charge in [-0.05, 0) is 26.3 Å². The minimum Gasteiger partial charge on any atom is -0.356 e. The van der Waals surface area contributed by atoms with Crippen molar-refractivity contribution in [2.24, 2.45) is 0 Å². The van der Waals surface area contributed by atoms with Crippen LogP contribution in [0.4, 0.5) is 13.2 Å². The fraction of sp³-hybridized carbons (Fsp3) is 0.467. The van der Waals surface area contributed by atoms with Crippen molar-refractivity contribution in [3.63, 3.8) is 0 Å². The first kappa shape index (κ1) is 18.3. The maximum atomic E-state index is 12.7. The van der Waals surface area contributed by atoms with Crippen molar-refractivity contribution in [1.29, 1.82) is 0 Å². The maximum absolute atomic E-state index is 12.7. The van der Waals surface area contributed by atoms with Crippen LogP contribution in [-0.2, 0) is 23.8 Å². The SMILES string of the molecule is Cc1cc(C(F)(F)F)nc(CCNC(=O)CCc2scnc2C)n1. The van der Waals surface area contributed by atoms with E-state index in [1.54, 1.807) is 5.51 Å². The Balaban J connectivity index is 1.82. The third-order valence-electron chi connectivity index (χ3n) is 3.29. The molecule has 1 N–H and O–H groups in total. The molecule has 0 spiro atoms. The molecule has 0 aromatic carbocycles. The van der Waals surface area contributed by atoms with Gasteiger partial charge in [0.2, 0.25) is 5.91 Å². The Hall–Kier alpha value is -2.03. The van der Waals surface area contributed by atoms with Crippen molar-refractivity contribution in [2.75, 3.05) is 6.54 Å². The van der Waals surface area contributed by atoms with Gasteiger partial charge in [0.05, 0.1) is 11.2 Å².